The largest absolute Gasteiger partial charge is 0.477 e. The summed E-state index contributed by atoms with van der Waals surface area (Å²) in [7, 11) is 0. The Bertz CT molecular complexity index is 851. The number of carboxylic acids is 1. The van der Waals surface area contributed by atoms with Crippen LogP contribution < -0.4 is 11.1 Å². The number of nitrogen functional groups attached to an aromatic ring is 1. The number of hydrogen-bond donors (Lipinski definition) is 3. The number of amides is 2. The predicted octanol–water partition coefficient (Wildman–Crippen LogP) is -0.382. The lowest BCUT2D eigenvalue weighted by Crippen LogP contribution is -2.70. The lowest BCUT2D eigenvalue weighted by molar-refractivity contribution is -0.150. The molecule has 0 bridgehead atoms. The minimum Gasteiger partial charge on any atom is -0.477 e. The molecule has 2 atom stereocenters. The van der Waals surface area contributed by atoms with E-state index in [-0.39, 0.29) is 28.5 Å². The first kappa shape index (κ1) is 19.1. The molecular weight excluding hydrogens is 396 g/mol. The van der Waals surface area contributed by atoms with E-state index in [0.717, 1.165) is 16.4 Å². The Kier molecular flexibility index (Phi) is 5.32. The van der Waals surface area contributed by atoms with Crippen molar-refractivity contribution in [3.63, 3.8) is 0 Å². The number of carbonyl (C=O) groups is 3. The topological polar surface area (TPSA) is 160 Å². The average molecular weight is 412 g/mol. The molecule has 144 valence electrons. The maximum absolute atomic E-state index is 12.7. The summed E-state index contributed by atoms with van der Waals surface area (Å²) in [5.74, 6) is -2.00. The van der Waals surface area contributed by atoms with Crippen molar-refractivity contribution in [2.75, 3.05) is 11.5 Å². The van der Waals surface area contributed by atoms with Crippen LogP contribution in [0, 0.1) is 0 Å². The third-order valence-electron chi connectivity index (χ3n) is 3.58. The van der Waals surface area contributed by atoms with Crippen LogP contribution in [0.5, 0.6) is 0 Å². The number of nitrogens with two attached hydrogens (primary N) is 1. The van der Waals surface area contributed by atoms with Crippen LogP contribution in [-0.2, 0) is 19.2 Å². The van der Waals surface area contributed by atoms with Crippen LogP contribution in [0.3, 0.4) is 0 Å². The van der Waals surface area contributed by atoms with Gasteiger partial charge in [0.2, 0.25) is 11.5 Å². The van der Waals surface area contributed by atoms with E-state index in [0.29, 0.717) is 5.75 Å². The second kappa shape index (κ2) is 7.52. The van der Waals surface area contributed by atoms with Crippen molar-refractivity contribution in [2.45, 2.75) is 31.4 Å². The molecule has 3 heterocycles. The summed E-state index contributed by atoms with van der Waals surface area (Å²) in [6.45, 7) is 3.46. The van der Waals surface area contributed by atoms with Gasteiger partial charge in [0, 0.05) is 17.3 Å². The highest BCUT2D eigenvalue weighted by Crippen LogP contribution is 2.37. The molecule has 11 nitrogen and oxygen atoms in total. The fourth-order valence-electron chi connectivity index (χ4n) is 2.42. The smallest absolute Gasteiger partial charge is 0.352 e. The van der Waals surface area contributed by atoms with Crippen molar-refractivity contribution in [3.8, 4) is 0 Å². The molecule has 1 aromatic heterocycles. The number of carbonyl (C=O) groups excluding carboxylic acids is 2. The van der Waals surface area contributed by atoms with Gasteiger partial charge in [0.25, 0.3) is 11.8 Å². The molecule has 1 aromatic rings. The second-order valence-corrected chi connectivity index (χ2v) is 7.76. The van der Waals surface area contributed by atoms with Gasteiger partial charge in [0.05, 0.1) is 0 Å². The van der Waals surface area contributed by atoms with Crippen LogP contribution in [0.1, 0.15) is 19.7 Å². The molecule has 3 rings (SSSR count). The number of oxime groups is 1. The summed E-state index contributed by atoms with van der Waals surface area (Å²) in [6.07, 6.45) is 1.17. The van der Waals surface area contributed by atoms with E-state index in [1.165, 1.54) is 17.8 Å². The van der Waals surface area contributed by atoms with Crippen molar-refractivity contribution in [2.24, 2.45) is 5.16 Å². The summed E-state index contributed by atoms with van der Waals surface area (Å²) < 4.78 is 3.95. The number of thioether (sulfide) groups is 1. The van der Waals surface area contributed by atoms with Gasteiger partial charge < -0.3 is 21.0 Å². The summed E-state index contributed by atoms with van der Waals surface area (Å²) in [6, 6.07) is -0.884. The number of hydrogen-bond acceptors (Lipinski definition) is 10. The van der Waals surface area contributed by atoms with E-state index in [1.807, 2.05) is 0 Å². The Morgan fingerprint density at radius 2 is 2.26 bits per heavy atom. The van der Waals surface area contributed by atoms with Crippen LogP contribution >= 0.6 is 23.3 Å². The standard InChI is InChI=1S/C14H16N6O5S2/c1-5(2)25-18-7(9-17-14(15)27-19-9)10(21)16-8-11(22)20-6(13(23)24)3-4-26-12(8)20/h3,5,8,12H,4H2,1-2H3,(H,16,21)(H,23,24)(H2,15,17,19)/b18-7+. The van der Waals surface area contributed by atoms with Gasteiger partial charge in [-0.15, -0.1) is 11.8 Å². The summed E-state index contributed by atoms with van der Waals surface area (Å²) in [5.41, 5.74) is 5.26. The van der Waals surface area contributed by atoms with E-state index < -0.39 is 29.2 Å². The molecule has 0 aliphatic carbocycles. The van der Waals surface area contributed by atoms with Crippen molar-refractivity contribution in [3.05, 3.63) is 17.6 Å². The van der Waals surface area contributed by atoms with Gasteiger partial charge in [-0.3, -0.25) is 14.5 Å². The average Bonchev–Trinajstić information content (AvgIpc) is 3.04. The molecular formula is C14H16N6O5S2. The van der Waals surface area contributed by atoms with Gasteiger partial charge in [0.1, 0.15) is 23.2 Å². The Labute approximate surface area is 161 Å². The highest BCUT2D eigenvalue weighted by Gasteiger charge is 2.53. The van der Waals surface area contributed by atoms with Gasteiger partial charge in [-0.25, -0.2) is 4.79 Å². The Balaban J connectivity index is 1.77. The van der Waals surface area contributed by atoms with Crippen molar-refractivity contribution < 1.29 is 24.3 Å². The Morgan fingerprint density at radius 1 is 1.52 bits per heavy atom. The molecule has 0 aromatic carbocycles. The molecule has 1 fully saturated rings. The third-order valence-corrected chi connectivity index (χ3v) is 5.30. The summed E-state index contributed by atoms with van der Waals surface area (Å²) in [5, 5.41) is 15.2. The number of aliphatic carboxylic acids is 1. The fourth-order valence-corrected chi connectivity index (χ4v) is 4.05. The van der Waals surface area contributed by atoms with E-state index in [2.05, 4.69) is 19.8 Å². The van der Waals surface area contributed by atoms with Gasteiger partial charge in [-0.05, 0) is 19.9 Å². The number of β-lactam (4-membered cyclic amide) rings is 1. The van der Waals surface area contributed by atoms with Crippen molar-refractivity contribution >= 4 is 51.9 Å². The Morgan fingerprint density at radius 3 is 2.85 bits per heavy atom. The van der Waals surface area contributed by atoms with E-state index >= 15 is 0 Å². The highest BCUT2D eigenvalue weighted by molar-refractivity contribution is 8.00. The Hall–Kier alpha value is -2.67. The van der Waals surface area contributed by atoms with Crippen LogP contribution in [0.4, 0.5) is 5.13 Å². The monoisotopic (exact) mass is 412 g/mol. The maximum Gasteiger partial charge on any atom is 0.352 e. The normalized spacial score (nSPS) is 22.0. The molecule has 1 saturated heterocycles. The molecule has 0 spiro atoms. The first-order chi connectivity index (χ1) is 12.8. The number of carboxylic acid groups (broad SMARTS) is 1. The molecule has 0 saturated carbocycles. The lowest BCUT2D eigenvalue weighted by Gasteiger charge is -2.48. The second-order valence-electron chi connectivity index (χ2n) is 5.83. The lowest BCUT2D eigenvalue weighted by atomic mass is 10.0. The number of aromatic nitrogens is 2. The van der Waals surface area contributed by atoms with E-state index in [9.17, 15) is 19.5 Å². The first-order valence-electron chi connectivity index (χ1n) is 7.82. The highest BCUT2D eigenvalue weighted by atomic mass is 32.2. The van der Waals surface area contributed by atoms with Gasteiger partial charge in [-0.1, -0.05) is 5.16 Å². The quantitative estimate of drug-likeness (QED) is 0.321. The zero-order chi connectivity index (χ0) is 19.7. The predicted molar refractivity (Wildman–Crippen MR) is 97.8 cm³/mol. The van der Waals surface area contributed by atoms with Crippen LogP contribution in [0.25, 0.3) is 0 Å². The number of anilines is 1. The van der Waals surface area contributed by atoms with Gasteiger partial charge in [0.15, 0.2) is 5.13 Å². The number of rotatable bonds is 6. The molecule has 13 heteroatoms. The summed E-state index contributed by atoms with van der Waals surface area (Å²) in [4.78, 5) is 46.5. The van der Waals surface area contributed by atoms with Crippen LogP contribution in [0.2, 0.25) is 0 Å². The summed E-state index contributed by atoms with van der Waals surface area (Å²) >= 11 is 2.24. The minimum absolute atomic E-state index is 0.0123. The SMILES string of the molecule is CC(C)O/N=C(/C(=O)NC1C(=O)N2C(C(=O)O)=CCSC12)c1nsc(N)n1. The van der Waals surface area contributed by atoms with Crippen LogP contribution in [-0.4, -0.2) is 66.1 Å². The van der Waals surface area contributed by atoms with Gasteiger partial charge >= 0.3 is 5.97 Å². The fraction of sp³-hybridized carbons (Fsp3) is 0.429. The molecule has 4 N–H and O–H groups in total. The number of fused-ring (bicyclic) bond motifs is 1. The number of nitrogens with one attached hydrogen (secondary N) is 1. The molecule has 2 amide bonds. The minimum atomic E-state index is -1.19. The number of nitrogens with zero attached hydrogens (tertiary/aromatic N) is 4. The molecule has 2 unspecified atom stereocenters. The van der Waals surface area contributed by atoms with E-state index in [4.69, 9.17) is 10.6 Å². The molecule has 2 aliphatic heterocycles. The molecule has 0 radical (unpaired) electrons. The zero-order valence-electron chi connectivity index (χ0n) is 14.3. The molecule has 2 aliphatic rings. The van der Waals surface area contributed by atoms with E-state index in [1.54, 1.807) is 13.8 Å². The molecule has 27 heavy (non-hydrogen) atoms. The first-order valence-corrected chi connectivity index (χ1v) is 9.64. The van der Waals surface area contributed by atoms with Crippen molar-refractivity contribution in [1.82, 2.24) is 19.6 Å². The third kappa shape index (κ3) is 3.73. The van der Waals surface area contributed by atoms with Gasteiger partial charge in [-0.2, -0.15) is 9.36 Å². The maximum atomic E-state index is 12.7. The van der Waals surface area contributed by atoms with Crippen molar-refractivity contribution in [1.29, 1.82) is 0 Å². The zero-order valence-corrected chi connectivity index (χ0v) is 15.9. The van der Waals surface area contributed by atoms with Crippen LogP contribution in [0.15, 0.2) is 16.9 Å².